The average Bonchev–Trinajstić information content (AvgIpc) is 4.23. The number of nitrogens with one attached hydrogen (secondary N) is 9. The lowest BCUT2D eigenvalue weighted by Crippen LogP contribution is -2.57. The number of aliphatic hydroxyl groups excluding tert-OH is 3. The van der Waals surface area contributed by atoms with E-state index in [9.17, 15) is 48.9 Å². The van der Waals surface area contributed by atoms with Gasteiger partial charge in [0.2, 0.25) is 29.5 Å². The van der Waals surface area contributed by atoms with Gasteiger partial charge in [-0.25, -0.2) is 24.9 Å². The number of imidazole rings is 1. The van der Waals surface area contributed by atoms with Crippen LogP contribution in [0.15, 0.2) is 23.3 Å². The monoisotopic (exact) mass is 1130 g/mol. The van der Waals surface area contributed by atoms with Crippen LogP contribution in [0.5, 0.6) is 0 Å². The fraction of sp³-hybridized carbons (Fsp3) is 0.574. The molecule has 78 heavy (non-hydrogen) atoms. The van der Waals surface area contributed by atoms with Crippen molar-refractivity contribution < 1.29 is 48.9 Å². The molecule has 4 aromatic heterocycles. The number of amides is 7. The molecule has 4 heterocycles. The number of carbonyl (C=O) groups is 7. The molecule has 430 valence electrons. The first-order valence-electron chi connectivity index (χ1n) is 25.4. The summed E-state index contributed by atoms with van der Waals surface area (Å²) in [6, 6.07) is -6.80. The number of aromatic amines is 1. The largest absolute Gasteiger partial charge is 0.391 e. The van der Waals surface area contributed by atoms with Crippen molar-refractivity contribution >= 4 is 69.8 Å². The van der Waals surface area contributed by atoms with Crippen LogP contribution < -0.4 is 71.2 Å². The van der Waals surface area contributed by atoms with Crippen molar-refractivity contribution in [1.29, 1.82) is 0 Å². The lowest BCUT2D eigenvalue weighted by molar-refractivity contribution is -0.136. The van der Waals surface area contributed by atoms with Crippen molar-refractivity contribution in [1.82, 2.24) is 72.4 Å². The third kappa shape index (κ3) is 20.0. The second-order valence-electron chi connectivity index (χ2n) is 18.5. The van der Waals surface area contributed by atoms with Crippen LogP contribution in [0.25, 0.3) is 10.7 Å². The number of nitrogens with two attached hydrogens (primary N) is 5. The molecule has 9 atom stereocenters. The van der Waals surface area contributed by atoms with Crippen LogP contribution >= 0.6 is 22.7 Å². The summed E-state index contributed by atoms with van der Waals surface area (Å²) in [5.41, 5.74) is 28.6. The van der Waals surface area contributed by atoms with E-state index in [2.05, 4.69) is 72.4 Å². The molecule has 0 radical (unpaired) electrons. The third-order valence-corrected chi connectivity index (χ3v) is 13.9. The number of aromatic nitrogens is 6. The molecule has 0 bridgehead atoms. The zero-order valence-electron chi connectivity index (χ0n) is 44.0. The van der Waals surface area contributed by atoms with Crippen LogP contribution in [0, 0.1) is 12.8 Å². The van der Waals surface area contributed by atoms with Gasteiger partial charge in [0.25, 0.3) is 11.8 Å². The number of H-pyrrole nitrogens is 1. The molecule has 0 unspecified atom stereocenters. The molecule has 0 aliphatic heterocycles. The highest BCUT2D eigenvalue weighted by atomic mass is 32.1. The zero-order chi connectivity index (χ0) is 57.5. The first kappa shape index (κ1) is 63.8. The number of rotatable bonds is 36. The Morgan fingerprint density at radius 1 is 0.756 bits per heavy atom. The van der Waals surface area contributed by atoms with E-state index >= 15 is 0 Å². The van der Waals surface area contributed by atoms with Crippen LogP contribution in [0.3, 0.4) is 0 Å². The van der Waals surface area contributed by atoms with Gasteiger partial charge in [0, 0.05) is 48.8 Å². The Bertz CT molecular complexity index is 2580. The maximum atomic E-state index is 14.0. The summed E-state index contributed by atoms with van der Waals surface area (Å²) in [7, 11) is 0. The van der Waals surface area contributed by atoms with E-state index in [1.165, 1.54) is 62.9 Å². The second-order valence-corrected chi connectivity index (χ2v) is 20.3. The molecule has 0 aliphatic rings. The van der Waals surface area contributed by atoms with Crippen LogP contribution in [0.1, 0.15) is 108 Å². The Morgan fingerprint density at radius 2 is 1.45 bits per heavy atom. The molecule has 22 N–H and O–H groups in total. The fourth-order valence-electron chi connectivity index (χ4n) is 7.44. The van der Waals surface area contributed by atoms with Gasteiger partial charge in [-0.2, -0.15) is 0 Å². The maximum absolute atomic E-state index is 14.0. The molecule has 0 fully saturated rings. The Balaban J connectivity index is 1.30. The van der Waals surface area contributed by atoms with E-state index in [1.807, 2.05) is 0 Å². The predicted octanol–water partition coefficient (Wildman–Crippen LogP) is -4.02. The third-order valence-electron chi connectivity index (χ3n) is 12.2. The summed E-state index contributed by atoms with van der Waals surface area (Å²) in [4.78, 5) is 115. The minimum atomic E-state index is -1.81. The smallest absolute Gasteiger partial charge is 0.271 e. The number of unbranched alkanes of at least 4 members (excludes halogenated alkanes) is 1. The van der Waals surface area contributed by atoms with Crippen LogP contribution in [0.2, 0.25) is 0 Å². The zero-order valence-corrected chi connectivity index (χ0v) is 45.7. The predicted molar refractivity (Wildman–Crippen MR) is 290 cm³/mol. The van der Waals surface area contributed by atoms with Crippen LogP contribution in [-0.4, -0.2) is 175 Å². The SMILES string of the molecule is Cc1c(N)nc([C@H](CC(N)=O)NC[C@H](N)C(N)=O)nc1C(=O)N[C@H](C(=O)N[C@H](C)[C@@H](O)[C@H](C)C(=O)N[C@H](C(=O)NCCc1nc(-c2nc(C(=O)NCCCNCCCCNCCCN)cs2)cs1)[C@@H](C)O)[C@@H](O)c1cnc[nH]1. The molecular weight excluding hydrogens is 1050 g/mol. The first-order chi connectivity index (χ1) is 37.1. The average molecular weight is 1130 g/mol. The molecule has 0 aromatic carbocycles. The van der Waals surface area contributed by atoms with Gasteiger partial charge in [-0.3, -0.25) is 33.6 Å². The Morgan fingerprint density at radius 3 is 2.09 bits per heavy atom. The highest BCUT2D eigenvalue weighted by Crippen LogP contribution is 2.26. The van der Waals surface area contributed by atoms with Gasteiger partial charge in [0.15, 0.2) is 0 Å². The normalized spacial score (nSPS) is 14.9. The summed E-state index contributed by atoms with van der Waals surface area (Å²) in [6.07, 6.45) is 1.36. The van der Waals surface area contributed by atoms with E-state index in [-0.39, 0.29) is 59.7 Å². The van der Waals surface area contributed by atoms with Gasteiger partial charge in [-0.15, -0.1) is 22.7 Å². The molecule has 7 amide bonds. The Kier molecular flexibility index (Phi) is 26.4. The number of hydrogen-bond acceptors (Lipinski definition) is 23. The number of nitrogen functional groups attached to an aromatic ring is 1. The number of carbonyl (C=O) groups excluding carboxylic acids is 7. The minimum Gasteiger partial charge on any atom is -0.391 e. The Labute approximate surface area is 458 Å². The second kappa shape index (κ2) is 32.3. The number of thiazole rings is 2. The summed E-state index contributed by atoms with van der Waals surface area (Å²) < 4.78 is 0. The lowest BCUT2D eigenvalue weighted by Gasteiger charge is -2.30. The lowest BCUT2D eigenvalue weighted by atomic mass is 9.96. The van der Waals surface area contributed by atoms with Gasteiger partial charge < -0.3 is 91.5 Å². The van der Waals surface area contributed by atoms with E-state index in [0.717, 1.165) is 51.9 Å². The van der Waals surface area contributed by atoms with Gasteiger partial charge in [-0.05, 0) is 79.2 Å². The van der Waals surface area contributed by atoms with Crippen molar-refractivity contribution in [3.8, 4) is 10.7 Å². The minimum absolute atomic E-state index is 0.00150. The highest BCUT2D eigenvalue weighted by molar-refractivity contribution is 7.14. The van der Waals surface area contributed by atoms with Crippen LogP contribution in [0.4, 0.5) is 5.82 Å². The molecule has 0 aliphatic carbocycles. The maximum Gasteiger partial charge on any atom is 0.271 e. The molecule has 4 aromatic rings. The van der Waals surface area contributed by atoms with E-state index < -0.39 is 96.3 Å². The summed E-state index contributed by atoms with van der Waals surface area (Å²) in [5, 5.41) is 60.4. The summed E-state index contributed by atoms with van der Waals surface area (Å²) in [6.45, 7) is 9.99. The first-order valence-corrected chi connectivity index (χ1v) is 27.1. The topological polar surface area (TPSA) is 487 Å². The van der Waals surface area contributed by atoms with E-state index in [0.29, 0.717) is 28.8 Å². The molecule has 29 nitrogen and oxygen atoms in total. The molecule has 31 heteroatoms. The summed E-state index contributed by atoms with van der Waals surface area (Å²) in [5.74, 6) is -7.32. The van der Waals surface area contributed by atoms with Crippen molar-refractivity contribution in [2.75, 3.05) is 58.1 Å². The molecule has 4 rings (SSSR count). The fourth-order valence-corrected chi connectivity index (χ4v) is 9.06. The highest BCUT2D eigenvalue weighted by Gasteiger charge is 2.37. The number of anilines is 1. The van der Waals surface area contributed by atoms with Gasteiger partial charge >= 0.3 is 0 Å². The van der Waals surface area contributed by atoms with Crippen molar-refractivity contribution in [2.45, 2.75) is 115 Å². The van der Waals surface area contributed by atoms with E-state index in [4.69, 9.17) is 28.7 Å². The number of nitrogens with zero attached hydrogens (tertiary/aromatic N) is 5. The van der Waals surface area contributed by atoms with Gasteiger partial charge in [-0.1, -0.05) is 6.92 Å². The number of hydrogen-bond donors (Lipinski definition) is 17. The summed E-state index contributed by atoms with van der Waals surface area (Å²) >= 11 is 2.60. The molecule has 0 saturated heterocycles. The van der Waals surface area contributed by atoms with E-state index in [1.54, 1.807) is 10.8 Å². The van der Waals surface area contributed by atoms with Crippen molar-refractivity contribution in [3.63, 3.8) is 0 Å². The van der Waals surface area contributed by atoms with Gasteiger partial charge in [0.1, 0.15) is 51.9 Å². The van der Waals surface area contributed by atoms with Crippen LogP contribution in [-0.2, 0) is 30.4 Å². The Hall–Kier alpha value is -6.68. The number of aliphatic hydroxyl groups is 3. The number of primary amides is 2. The molecular formula is C47H75N19O10S2. The molecule has 0 spiro atoms. The molecule has 0 saturated carbocycles. The standard InChI is InChI=1S/C47H75N19O10S2/c1-23-34(63-41(66-39(23)51)28(17-32(50)68)58-18-27(49)40(52)71)45(75)65-36(38(70)29-19-55-22-59-29)46(76)60-25(3)37(69)24(2)42(72)64-35(26(4)67)44(74)57-16-9-33-61-31(21-77-33)47-62-30(20-78-47)43(73)56-15-8-14-54-12-6-5-11-53-13-7-10-48/h19-22,24-28,35-38,53-54,58,67,69-70H,5-18,48-49H2,1-4H3,(H2,50,68)(H2,52,71)(H,55,59)(H,56,73)(H,57,74)(H,60,76)(H,64,72)(H,65,75)(H2,51,63,66)/t24-,25+,26+,27-,28-,35-,36-,37-,38-/m0/s1. The van der Waals surface area contributed by atoms with Crippen molar-refractivity contribution in [3.05, 3.63) is 56.8 Å². The van der Waals surface area contributed by atoms with Gasteiger partial charge in [0.05, 0.1) is 59.5 Å². The van der Waals surface area contributed by atoms with Crippen molar-refractivity contribution in [2.24, 2.45) is 28.9 Å². The quantitative estimate of drug-likeness (QED) is 0.0193.